The summed E-state index contributed by atoms with van der Waals surface area (Å²) in [5, 5.41) is 5.53. The van der Waals surface area contributed by atoms with Gasteiger partial charge in [0.15, 0.2) is 11.6 Å². The van der Waals surface area contributed by atoms with Crippen LogP contribution in [0, 0.1) is 11.7 Å². The van der Waals surface area contributed by atoms with Crippen LogP contribution < -0.4 is 15.4 Å². The lowest BCUT2D eigenvalue weighted by molar-refractivity contribution is -0.116. The number of amides is 2. The third-order valence-electron chi connectivity index (χ3n) is 3.54. The van der Waals surface area contributed by atoms with Crippen LogP contribution in [0.4, 0.5) is 10.1 Å². The molecule has 0 aromatic heterocycles. The van der Waals surface area contributed by atoms with Crippen molar-refractivity contribution in [1.82, 2.24) is 5.32 Å². The molecule has 0 bridgehead atoms. The second kappa shape index (κ2) is 9.56. The van der Waals surface area contributed by atoms with Crippen molar-refractivity contribution in [1.29, 1.82) is 0 Å². The summed E-state index contributed by atoms with van der Waals surface area (Å²) in [4.78, 5) is 24.4. The molecule has 138 valence electrons. The van der Waals surface area contributed by atoms with Crippen molar-refractivity contribution in [3.8, 4) is 5.75 Å². The molecule has 2 aromatic rings. The Balaban J connectivity index is 1.90. The van der Waals surface area contributed by atoms with Gasteiger partial charge in [0.25, 0.3) is 5.91 Å². The molecule has 0 heterocycles. The van der Waals surface area contributed by atoms with Crippen LogP contribution in [0.5, 0.6) is 5.75 Å². The highest BCUT2D eigenvalue weighted by molar-refractivity contribution is 6.03. The third kappa shape index (κ3) is 5.88. The fourth-order valence-electron chi connectivity index (χ4n) is 2.21. The van der Waals surface area contributed by atoms with Gasteiger partial charge in [0.05, 0.1) is 24.3 Å². The average molecular weight is 358 g/mol. The SMILES string of the molecule is CC(C)CNC(=O)c1ccccc1NC(=O)CCOc1ccccc1F. The number of hydrogen-bond donors (Lipinski definition) is 2. The smallest absolute Gasteiger partial charge is 0.253 e. The van der Waals surface area contributed by atoms with E-state index in [0.29, 0.717) is 23.7 Å². The number of benzene rings is 2. The summed E-state index contributed by atoms with van der Waals surface area (Å²) in [6, 6.07) is 12.8. The van der Waals surface area contributed by atoms with Gasteiger partial charge in [-0.1, -0.05) is 38.1 Å². The number of anilines is 1. The zero-order valence-electron chi connectivity index (χ0n) is 14.9. The summed E-state index contributed by atoms with van der Waals surface area (Å²) in [5.74, 6) is -0.590. The van der Waals surface area contributed by atoms with Gasteiger partial charge in [-0.3, -0.25) is 9.59 Å². The second-order valence-corrected chi connectivity index (χ2v) is 6.23. The predicted molar refractivity (Wildman–Crippen MR) is 98.8 cm³/mol. The molecule has 0 unspecified atom stereocenters. The largest absolute Gasteiger partial charge is 0.490 e. The monoisotopic (exact) mass is 358 g/mol. The van der Waals surface area contributed by atoms with E-state index in [1.807, 2.05) is 13.8 Å². The number of rotatable bonds is 8. The van der Waals surface area contributed by atoms with Crippen molar-refractivity contribution in [2.75, 3.05) is 18.5 Å². The van der Waals surface area contributed by atoms with Crippen molar-refractivity contribution >= 4 is 17.5 Å². The Morgan fingerprint density at radius 3 is 2.50 bits per heavy atom. The molecular formula is C20H23FN2O3. The van der Waals surface area contributed by atoms with Gasteiger partial charge in [-0.2, -0.15) is 0 Å². The molecule has 2 aromatic carbocycles. The van der Waals surface area contributed by atoms with Gasteiger partial charge < -0.3 is 15.4 Å². The van der Waals surface area contributed by atoms with E-state index in [1.54, 1.807) is 36.4 Å². The van der Waals surface area contributed by atoms with Crippen LogP contribution in [0.25, 0.3) is 0 Å². The molecule has 0 aliphatic rings. The van der Waals surface area contributed by atoms with Gasteiger partial charge in [0.1, 0.15) is 0 Å². The van der Waals surface area contributed by atoms with Crippen molar-refractivity contribution in [2.45, 2.75) is 20.3 Å². The minimum absolute atomic E-state index is 0.0362. The maximum atomic E-state index is 13.5. The van der Waals surface area contributed by atoms with E-state index < -0.39 is 5.82 Å². The van der Waals surface area contributed by atoms with Gasteiger partial charge in [0.2, 0.25) is 5.91 Å². The van der Waals surface area contributed by atoms with E-state index in [2.05, 4.69) is 10.6 Å². The topological polar surface area (TPSA) is 67.4 Å². The molecule has 0 spiro atoms. The Kier molecular flexibility index (Phi) is 7.14. The van der Waals surface area contributed by atoms with Gasteiger partial charge in [-0.05, 0) is 30.2 Å². The number of hydrogen-bond acceptors (Lipinski definition) is 3. The van der Waals surface area contributed by atoms with Crippen LogP contribution in [0.2, 0.25) is 0 Å². The van der Waals surface area contributed by atoms with Gasteiger partial charge in [-0.25, -0.2) is 4.39 Å². The van der Waals surface area contributed by atoms with Crippen molar-refractivity contribution < 1.29 is 18.7 Å². The number of ether oxygens (including phenoxy) is 1. The van der Waals surface area contributed by atoms with E-state index in [4.69, 9.17) is 4.74 Å². The minimum Gasteiger partial charge on any atom is -0.490 e. The number of halogens is 1. The van der Waals surface area contributed by atoms with E-state index >= 15 is 0 Å². The maximum Gasteiger partial charge on any atom is 0.253 e. The lowest BCUT2D eigenvalue weighted by atomic mass is 10.1. The molecule has 0 radical (unpaired) electrons. The lowest BCUT2D eigenvalue weighted by Crippen LogP contribution is -2.28. The molecule has 26 heavy (non-hydrogen) atoms. The predicted octanol–water partition coefficient (Wildman–Crippen LogP) is 3.62. The van der Waals surface area contributed by atoms with Crippen molar-refractivity contribution in [3.63, 3.8) is 0 Å². The molecule has 0 aliphatic heterocycles. The molecule has 0 aliphatic carbocycles. The summed E-state index contributed by atoms with van der Waals surface area (Å²) in [5.41, 5.74) is 0.834. The van der Waals surface area contributed by atoms with Crippen LogP contribution in [0.3, 0.4) is 0 Å². The first kappa shape index (κ1) is 19.4. The Morgan fingerprint density at radius 2 is 1.77 bits per heavy atom. The number of carbonyl (C=O) groups excluding carboxylic acids is 2. The molecule has 0 atom stereocenters. The fraction of sp³-hybridized carbons (Fsp3) is 0.300. The third-order valence-corrected chi connectivity index (χ3v) is 3.54. The van der Waals surface area contributed by atoms with Crippen LogP contribution in [0.1, 0.15) is 30.6 Å². The minimum atomic E-state index is -0.472. The van der Waals surface area contributed by atoms with Crippen molar-refractivity contribution in [3.05, 3.63) is 59.9 Å². The first-order valence-corrected chi connectivity index (χ1v) is 8.51. The molecule has 5 nitrogen and oxygen atoms in total. The first-order valence-electron chi connectivity index (χ1n) is 8.51. The molecule has 0 fully saturated rings. The molecule has 6 heteroatoms. The van der Waals surface area contributed by atoms with Gasteiger partial charge in [0, 0.05) is 6.54 Å². The highest BCUT2D eigenvalue weighted by Gasteiger charge is 2.13. The highest BCUT2D eigenvalue weighted by Crippen LogP contribution is 2.17. The van der Waals surface area contributed by atoms with Gasteiger partial charge >= 0.3 is 0 Å². The van der Waals surface area contributed by atoms with E-state index in [9.17, 15) is 14.0 Å². The maximum absolute atomic E-state index is 13.5. The zero-order valence-corrected chi connectivity index (χ0v) is 14.9. The Morgan fingerprint density at radius 1 is 1.08 bits per heavy atom. The average Bonchev–Trinajstić information content (AvgIpc) is 2.61. The Hall–Kier alpha value is -2.89. The fourth-order valence-corrected chi connectivity index (χ4v) is 2.21. The molecule has 2 amide bonds. The second-order valence-electron chi connectivity index (χ2n) is 6.23. The van der Waals surface area contributed by atoms with E-state index in [1.165, 1.54) is 12.1 Å². The van der Waals surface area contributed by atoms with Gasteiger partial charge in [-0.15, -0.1) is 0 Å². The summed E-state index contributed by atoms with van der Waals surface area (Å²) < 4.78 is 18.7. The number of para-hydroxylation sites is 2. The standard InChI is InChI=1S/C20H23FN2O3/c1-14(2)13-22-20(25)15-7-3-5-9-17(15)23-19(24)11-12-26-18-10-6-4-8-16(18)21/h3-10,14H,11-13H2,1-2H3,(H,22,25)(H,23,24). The lowest BCUT2D eigenvalue weighted by Gasteiger charge is -2.13. The molecular weight excluding hydrogens is 335 g/mol. The molecule has 2 rings (SSSR count). The first-order chi connectivity index (χ1) is 12.5. The Labute approximate surface area is 152 Å². The quantitative estimate of drug-likeness (QED) is 0.757. The summed E-state index contributed by atoms with van der Waals surface area (Å²) >= 11 is 0. The van der Waals surface area contributed by atoms with Crippen LogP contribution in [-0.2, 0) is 4.79 Å². The highest BCUT2D eigenvalue weighted by atomic mass is 19.1. The summed E-state index contributed by atoms with van der Waals surface area (Å²) in [6.07, 6.45) is 0.0380. The molecule has 0 saturated heterocycles. The van der Waals surface area contributed by atoms with Crippen LogP contribution in [0.15, 0.2) is 48.5 Å². The van der Waals surface area contributed by atoms with E-state index in [0.717, 1.165) is 0 Å². The zero-order chi connectivity index (χ0) is 18.9. The number of carbonyl (C=O) groups is 2. The molecule has 0 saturated carbocycles. The molecule has 2 N–H and O–H groups in total. The summed E-state index contributed by atoms with van der Waals surface area (Å²) in [6.45, 7) is 4.60. The Bertz CT molecular complexity index is 762. The summed E-state index contributed by atoms with van der Waals surface area (Å²) in [7, 11) is 0. The normalized spacial score (nSPS) is 10.5. The number of nitrogens with one attached hydrogen (secondary N) is 2. The van der Waals surface area contributed by atoms with Crippen LogP contribution >= 0.6 is 0 Å². The van der Waals surface area contributed by atoms with Crippen molar-refractivity contribution in [2.24, 2.45) is 5.92 Å². The van der Waals surface area contributed by atoms with Crippen LogP contribution in [-0.4, -0.2) is 25.0 Å². The van der Waals surface area contributed by atoms with E-state index in [-0.39, 0.29) is 30.6 Å².